The molecule has 3 nitrogen and oxygen atoms in total. The van der Waals surface area contributed by atoms with Crippen LogP contribution in [0.25, 0.3) is 0 Å². The Balaban J connectivity index is 2.02. The predicted octanol–water partition coefficient (Wildman–Crippen LogP) is 1.55. The van der Waals surface area contributed by atoms with Crippen molar-refractivity contribution in [2.24, 2.45) is 0 Å². The Bertz CT molecular complexity index is 362. The lowest BCUT2D eigenvalue weighted by atomic mass is 10.00. The van der Waals surface area contributed by atoms with Gasteiger partial charge in [0.15, 0.2) is 0 Å². The summed E-state index contributed by atoms with van der Waals surface area (Å²) in [4.78, 5) is 11.3. The van der Waals surface area contributed by atoms with Crippen LogP contribution in [0.3, 0.4) is 0 Å². The second kappa shape index (κ2) is 4.34. The summed E-state index contributed by atoms with van der Waals surface area (Å²) in [6, 6.07) is 8.47. The van der Waals surface area contributed by atoms with Crippen molar-refractivity contribution < 1.29 is 4.79 Å². The van der Waals surface area contributed by atoms with Gasteiger partial charge in [-0.1, -0.05) is 25.1 Å². The number of carbonyl (C=O) groups is 1. The molecule has 2 rings (SSSR count). The molecule has 0 radical (unpaired) electrons. The van der Waals surface area contributed by atoms with Crippen LogP contribution >= 0.6 is 0 Å². The number of anilines is 1. The molecule has 0 spiro atoms. The molecular weight excluding hydrogens is 188 g/mol. The topological polar surface area (TPSA) is 41.1 Å². The van der Waals surface area contributed by atoms with E-state index in [4.69, 9.17) is 0 Å². The zero-order valence-corrected chi connectivity index (χ0v) is 8.92. The minimum absolute atomic E-state index is 0.126. The lowest BCUT2D eigenvalue weighted by Crippen LogP contribution is -2.43. The largest absolute Gasteiger partial charge is 0.383 e. The molecule has 1 atom stereocenters. The fraction of sp³-hybridized carbons (Fsp3) is 0.417. The first-order chi connectivity index (χ1) is 7.29. The van der Waals surface area contributed by atoms with Crippen LogP contribution in [0.4, 0.5) is 5.69 Å². The van der Waals surface area contributed by atoms with E-state index >= 15 is 0 Å². The molecule has 15 heavy (non-hydrogen) atoms. The third kappa shape index (κ3) is 2.29. The number of para-hydroxylation sites is 1. The third-order valence-electron chi connectivity index (χ3n) is 2.71. The highest BCUT2D eigenvalue weighted by Gasteiger charge is 2.18. The summed E-state index contributed by atoms with van der Waals surface area (Å²) < 4.78 is 0. The quantitative estimate of drug-likeness (QED) is 0.767. The number of amides is 1. The molecular formula is C12H16N2O. The van der Waals surface area contributed by atoms with Crippen molar-refractivity contribution in [1.82, 2.24) is 5.32 Å². The van der Waals surface area contributed by atoms with Crippen LogP contribution in [0.2, 0.25) is 0 Å². The van der Waals surface area contributed by atoms with E-state index in [1.165, 1.54) is 11.3 Å². The molecule has 2 N–H and O–H groups in total. The average molecular weight is 204 g/mol. The van der Waals surface area contributed by atoms with Crippen molar-refractivity contribution in [3.63, 3.8) is 0 Å². The maximum atomic E-state index is 11.3. The number of fused-ring (bicyclic) bond motifs is 1. The van der Waals surface area contributed by atoms with Crippen LogP contribution in [-0.4, -0.2) is 18.5 Å². The summed E-state index contributed by atoms with van der Waals surface area (Å²) >= 11 is 0. The lowest BCUT2D eigenvalue weighted by Gasteiger charge is -2.26. The molecule has 3 heteroatoms. The van der Waals surface area contributed by atoms with Gasteiger partial charge in [-0.25, -0.2) is 0 Å². The summed E-state index contributed by atoms with van der Waals surface area (Å²) in [6.07, 6.45) is 1.48. The maximum Gasteiger partial charge on any atom is 0.220 e. The fourth-order valence-corrected chi connectivity index (χ4v) is 1.87. The Hall–Kier alpha value is -1.51. The Labute approximate surface area is 89.9 Å². The van der Waals surface area contributed by atoms with Gasteiger partial charge in [0.05, 0.1) is 6.04 Å². The van der Waals surface area contributed by atoms with Crippen molar-refractivity contribution >= 4 is 11.6 Å². The highest BCUT2D eigenvalue weighted by Crippen LogP contribution is 2.20. The highest BCUT2D eigenvalue weighted by atomic mass is 16.1. The van der Waals surface area contributed by atoms with Crippen molar-refractivity contribution in [1.29, 1.82) is 0 Å². The predicted molar refractivity (Wildman–Crippen MR) is 60.9 cm³/mol. The van der Waals surface area contributed by atoms with Gasteiger partial charge in [-0.15, -0.1) is 0 Å². The van der Waals surface area contributed by atoms with Gasteiger partial charge >= 0.3 is 0 Å². The van der Waals surface area contributed by atoms with Gasteiger partial charge in [-0.3, -0.25) is 4.79 Å². The van der Waals surface area contributed by atoms with E-state index in [1.807, 2.05) is 19.1 Å². The smallest absolute Gasteiger partial charge is 0.220 e. The van der Waals surface area contributed by atoms with E-state index < -0.39 is 0 Å². The first kappa shape index (κ1) is 10.0. The van der Waals surface area contributed by atoms with Gasteiger partial charge in [0, 0.05) is 18.7 Å². The first-order valence-corrected chi connectivity index (χ1v) is 5.40. The molecule has 1 heterocycles. The molecule has 1 amide bonds. The second-order valence-corrected chi connectivity index (χ2v) is 3.86. The van der Waals surface area contributed by atoms with Crippen molar-refractivity contribution in [2.75, 3.05) is 11.9 Å². The van der Waals surface area contributed by atoms with Crippen molar-refractivity contribution in [2.45, 2.75) is 25.8 Å². The van der Waals surface area contributed by atoms with Crippen LogP contribution in [0.5, 0.6) is 0 Å². The second-order valence-electron chi connectivity index (χ2n) is 3.86. The highest BCUT2D eigenvalue weighted by molar-refractivity contribution is 5.76. The van der Waals surface area contributed by atoms with Crippen LogP contribution < -0.4 is 10.6 Å². The maximum absolute atomic E-state index is 11.3. The standard InChI is InChI=1S/C12H16N2O/c1-2-12(15)14-10-7-9-5-3-4-6-11(9)13-8-10/h3-6,10,13H,2,7-8H2,1H3,(H,14,15). The van der Waals surface area contributed by atoms with Crippen molar-refractivity contribution in [3.05, 3.63) is 29.8 Å². The van der Waals surface area contributed by atoms with E-state index in [0.29, 0.717) is 6.42 Å². The van der Waals surface area contributed by atoms with E-state index in [-0.39, 0.29) is 11.9 Å². The van der Waals surface area contributed by atoms with Crippen LogP contribution in [0.1, 0.15) is 18.9 Å². The average Bonchev–Trinajstić information content (AvgIpc) is 2.29. The summed E-state index contributed by atoms with van der Waals surface area (Å²) in [7, 11) is 0. The van der Waals surface area contributed by atoms with Gasteiger partial charge < -0.3 is 10.6 Å². The third-order valence-corrected chi connectivity index (χ3v) is 2.71. The molecule has 1 aromatic rings. The molecule has 0 fully saturated rings. The lowest BCUT2D eigenvalue weighted by molar-refractivity contribution is -0.121. The summed E-state index contributed by atoms with van der Waals surface area (Å²) in [5.41, 5.74) is 2.48. The molecule has 0 saturated heterocycles. The zero-order chi connectivity index (χ0) is 10.7. The normalized spacial score (nSPS) is 18.9. The summed E-state index contributed by atoms with van der Waals surface area (Å²) in [5.74, 6) is 0.126. The van der Waals surface area contributed by atoms with E-state index in [0.717, 1.165) is 13.0 Å². The van der Waals surface area contributed by atoms with Crippen LogP contribution in [-0.2, 0) is 11.2 Å². The van der Waals surface area contributed by atoms with Gasteiger partial charge in [-0.05, 0) is 18.1 Å². The van der Waals surface area contributed by atoms with E-state index in [2.05, 4.69) is 22.8 Å². The minimum Gasteiger partial charge on any atom is -0.383 e. The monoisotopic (exact) mass is 204 g/mol. The molecule has 0 aliphatic carbocycles. The van der Waals surface area contributed by atoms with Gasteiger partial charge in [0.25, 0.3) is 0 Å². The molecule has 1 aromatic carbocycles. The molecule has 1 unspecified atom stereocenters. The number of rotatable bonds is 2. The van der Waals surface area contributed by atoms with E-state index in [1.54, 1.807) is 0 Å². The van der Waals surface area contributed by atoms with Gasteiger partial charge in [0.2, 0.25) is 5.91 Å². The Morgan fingerprint density at radius 1 is 1.53 bits per heavy atom. The molecule has 1 aliphatic heterocycles. The molecule has 80 valence electrons. The number of carbonyl (C=O) groups excluding carboxylic acids is 1. The first-order valence-electron chi connectivity index (χ1n) is 5.40. The summed E-state index contributed by atoms with van der Waals surface area (Å²) in [5, 5.41) is 6.34. The molecule has 0 bridgehead atoms. The van der Waals surface area contributed by atoms with Gasteiger partial charge in [0.1, 0.15) is 0 Å². The Morgan fingerprint density at radius 2 is 2.33 bits per heavy atom. The molecule has 0 saturated carbocycles. The van der Waals surface area contributed by atoms with Crippen molar-refractivity contribution in [3.8, 4) is 0 Å². The SMILES string of the molecule is CCC(=O)NC1CNc2ccccc2C1. The number of benzene rings is 1. The van der Waals surface area contributed by atoms with Gasteiger partial charge in [-0.2, -0.15) is 0 Å². The van der Waals surface area contributed by atoms with E-state index in [9.17, 15) is 4.79 Å². The number of nitrogens with one attached hydrogen (secondary N) is 2. The van der Waals surface area contributed by atoms with Crippen LogP contribution in [0.15, 0.2) is 24.3 Å². The number of hydrogen-bond donors (Lipinski definition) is 2. The minimum atomic E-state index is 0.126. The number of hydrogen-bond acceptors (Lipinski definition) is 2. The molecule has 1 aliphatic rings. The summed E-state index contributed by atoms with van der Waals surface area (Å²) in [6.45, 7) is 2.70. The Kier molecular flexibility index (Phi) is 2.90. The van der Waals surface area contributed by atoms with Crippen LogP contribution in [0, 0.1) is 0 Å². The molecule has 0 aromatic heterocycles. The zero-order valence-electron chi connectivity index (χ0n) is 8.92. The Morgan fingerprint density at radius 3 is 3.13 bits per heavy atom. The fourth-order valence-electron chi connectivity index (χ4n) is 1.87.